The molecule has 1 aromatic heterocycles. The van der Waals surface area contributed by atoms with E-state index in [4.69, 9.17) is 0 Å². The summed E-state index contributed by atoms with van der Waals surface area (Å²) < 4.78 is 1.91. The van der Waals surface area contributed by atoms with E-state index in [-0.39, 0.29) is 0 Å². The number of hydrogen-bond donors (Lipinski definition) is 0. The number of aromatic nitrogens is 2. The minimum Gasteiger partial charge on any atom is -0.262 e. The van der Waals surface area contributed by atoms with Crippen LogP contribution in [-0.2, 0) is 0 Å². The molecule has 21 heavy (non-hydrogen) atoms. The van der Waals surface area contributed by atoms with Crippen molar-refractivity contribution >= 4 is 16.7 Å². The molecule has 3 rings (SSSR count). The Morgan fingerprint density at radius 1 is 1.24 bits per heavy atom. The van der Waals surface area contributed by atoms with Crippen molar-refractivity contribution < 1.29 is 0 Å². The summed E-state index contributed by atoms with van der Waals surface area (Å²) in [6, 6.07) is 6.22. The molecule has 1 aliphatic rings. The Kier molecular flexibility index (Phi) is 3.65. The van der Waals surface area contributed by atoms with Crippen LogP contribution in [-0.4, -0.2) is 22.2 Å². The molecule has 2 aromatic rings. The highest BCUT2D eigenvalue weighted by Crippen LogP contribution is 2.19. The third-order valence-electron chi connectivity index (χ3n) is 3.44. The van der Waals surface area contributed by atoms with Gasteiger partial charge in [-0.25, -0.2) is 4.68 Å². The Hall–Kier alpha value is -2.68. The monoisotopic (exact) mass is 275 g/mol. The first-order chi connectivity index (χ1) is 10.3. The first kappa shape index (κ1) is 13.3. The van der Waals surface area contributed by atoms with Crippen molar-refractivity contribution in [3.63, 3.8) is 0 Å². The summed E-state index contributed by atoms with van der Waals surface area (Å²) >= 11 is 0. The number of hydrogen-bond acceptors (Lipinski definition) is 2. The fourth-order valence-electron chi connectivity index (χ4n) is 2.39. The summed E-state index contributed by atoms with van der Waals surface area (Å²) in [6.07, 6.45) is 13.7. The Balaban J connectivity index is 1.92. The lowest BCUT2D eigenvalue weighted by molar-refractivity contribution is 0.945. The maximum atomic E-state index is 4.63. The number of para-hydroxylation sites is 1. The summed E-state index contributed by atoms with van der Waals surface area (Å²) in [7, 11) is 0. The van der Waals surface area contributed by atoms with Gasteiger partial charge in [0, 0.05) is 5.39 Å². The van der Waals surface area contributed by atoms with E-state index in [1.165, 1.54) is 11.1 Å². The normalized spacial score (nSPS) is 16.8. The Labute approximate surface area is 124 Å². The maximum Gasteiger partial charge on any atom is 0.149 e. The van der Waals surface area contributed by atoms with Crippen LogP contribution in [0.25, 0.3) is 10.9 Å². The van der Waals surface area contributed by atoms with Crippen molar-refractivity contribution in [2.75, 3.05) is 6.54 Å². The average molecular weight is 275 g/mol. The number of aryl methyl sites for hydroxylation is 1. The molecule has 0 bridgehead atoms. The van der Waals surface area contributed by atoms with Crippen LogP contribution >= 0.6 is 0 Å². The third kappa shape index (κ3) is 2.63. The van der Waals surface area contributed by atoms with Crippen molar-refractivity contribution in [2.45, 2.75) is 6.92 Å². The Morgan fingerprint density at radius 3 is 2.90 bits per heavy atom. The van der Waals surface area contributed by atoms with E-state index >= 15 is 0 Å². The molecule has 0 N–H and O–H groups in total. The van der Waals surface area contributed by atoms with Gasteiger partial charge >= 0.3 is 0 Å². The summed E-state index contributed by atoms with van der Waals surface area (Å²) in [4.78, 5) is 4.63. The van der Waals surface area contributed by atoms with Crippen molar-refractivity contribution in [3.8, 4) is 0 Å². The standard InChI is InChI=1S/C18H17N3/c1-3-4-5-8-15-10-11-17(19-12-15)21-18-14(2)7-6-9-16(18)13-20-21/h3-11,13H,1,12H2,2H3/b5-4-,15-8-. The number of aliphatic imine (C=N–C) groups is 1. The molecule has 0 radical (unpaired) electrons. The Morgan fingerprint density at radius 2 is 2.14 bits per heavy atom. The zero-order chi connectivity index (χ0) is 14.7. The first-order valence-electron chi connectivity index (χ1n) is 6.94. The second-order valence-corrected chi connectivity index (χ2v) is 4.94. The van der Waals surface area contributed by atoms with Crippen LogP contribution in [0.1, 0.15) is 5.56 Å². The molecule has 0 amide bonds. The molecule has 104 valence electrons. The van der Waals surface area contributed by atoms with Crippen LogP contribution in [0.3, 0.4) is 0 Å². The van der Waals surface area contributed by atoms with Gasteiger partial charge in [-0.3, -0.25) is 4.99 Å². The van der Waals surface area contributed by atoms with Gasteiger partial charge in [-0.15, -0.1) is 0 Å². The Bertz CT molecular complexity index is 801. The largest absolute Gasteiger partial charge is 0.262 e. The molecule has 0 saturated carbocycles. The molecule has 3 heteroatoms. The fraction of sp³-hybridized carbons (Fsp3) is 0.111. The number of benzene rings is 1. The van der Waals surface area contributed by atoms with Crippen LogP contribution in [0.2, 0.25) is 0 Å². The predicted molar refractivity (Wildman–Crippen MR) is 88.7 cm³/mol. The number of dihydropyridines is 1. The van der Waals surface area contributed by atoms with Crippen molar-refractivity contribution in [1.29, 1.82) is 0 Å². The van der Waals surface area contributed by atoms with E-state index in [0.717, 1.165) is 16.7 Å². The molecule has 0 unspecified atom stereocenters. The van der Waals surface area contributed by atoms with Gasteiger partial charge in [-0.2, -0.15) is 5.10 Å². The average Bonchev–Trinajstić information content (AvgIpc) is 2.94. The van der Waals surface area contributed by atoms with E-state index < -0.39 is 0 Å². The summed E-state index contributed by atoms with van der Waals surface area (Å²) in [5, 5.41) is 5.61. The lowest BCUT2D eigenvalue weighted by atomic mass is 10.1. The lowest BCUT2D eigenvalue weighted by Crippen LogP contribution is -2.14. The highest BCUT2D eigenvalue weighted by Gasteiger charge is 2.10. The molecule has 2 heterocycles. The molecule has 3 nitrogen and oxygen atoms in total. The zero-order valence-electron chi connectivity index (χ0n) is 12.0. The minimum absolute atomic E-state index is 0.667. The first-order valence-corrected chi connectivity index (χ1v) is 6.94. The van der Waals surface area contributed by atoms with Crippen LogP contribution in [0.5, 0.6) is 0 Å². The second-order valence-electron chi connectivity index (χ2n) is 4.94. The highest BCUT2D eigenvalue weighted by molar-refractivity contribution is 6.02. The summed E-state index contributed by atoms with van der Waals surface area (Å²) in [5.74, 6) is 0.879. The quantitative estimate of drug-likeness (QED) is 0.766. The maximum absolute atomic E-state index is 4.63. The second kappa shape index (κ2) is 5.75. The van der Waals surface area contributed by atoms with Gasteiger partial charge in [0.2, 0.25) is 0 Å². The summed E-state index contributed by atoms with van der Waals surface area (Å²) in [5.41, 5.74) is 3.50. The minimum atomic E-state index is 0.667. The number of fused-ring (bicyclic) bond motifs is 1. The van der Waals surface area contributed by atoms with Crippen molar-refractivity contribution in [3.05, 3.63) is 78.6 Å². The topological polar surface area (TPSA) is 30.2 Å². The number of nitrogens with zero attached hydrogens (tertiary/aromatic N) is 3. The SMILES string of the molecule is C=C/C=C\C=C1\C=CC(n2ncc3cccc(C)c32)=NC1. The van der Waals surface area contributed by atoms with Gasteiger partial charge in [-0.1, -0.05) is 55.2 Å². The van der Waals surface area contributed by atoms with Gasteiger partial charge in [-0.05, 0) is 24.1 Å². The molecule has 0 saturated heterocycles. The van der Waals surface area contributed by atoms with E-state index in [9.17, 15) is 0 Å². The van der Waals surface area contributed by atoms with Crippen molar-refractivity contribution in [1.82, 2.24) is 9.78 Å². The molecule has 1 aliphatic heterocycles. The molecule has 1 aromatic carbocycles. The highest BCUT2D eigenvalue weighted by atomic mass is 15.3. The van der Waals surface area contributed by atoms with E-state index in [1.54, 1.807) is 6.08 Å². The molecule has 0 fully saturated rings. The van der Waals surface area contributed by atoms with Crippen LogP contribution in [0, 0.1) is 6.92 Å². The van der Waals surface area contributed by atoms with E-state index in [1.807, 2.05) is 35.2 Å². The van der Waals surface area contributed by atoms with Gasteiger partial charge in [0.25, 0.3) is 0 Å². The number of rotatable bonds is 2. The summed E-state index contributed by atoms with van der Waals surface area (Å²) in [6.45, 7) is 6.42. The zero-order valence-corrected chi connectivity index (χ0v) is 12.0. The lowest BCUT2D eigenvalue weighted by Gasteiger charge is -2.10. The smallest absolute Gasteiger partial charge is 0.149 e. The number of allylic oxidation sites excluding steroid dienone is 5. The fourth-order valence-corrected chi connectivity index (χ4v) is 2.39. The molecule has 0 aliphatic carbocycles. The van der Waals surface area contributed by atoms with Gasteiger partial charge in [0.15, 0.2) is 0 Å². The van der Waals surface area contributed by atoms with Crippen LogP contribution < -0.4 is 0 Å². The predicted octanol–water partition coefficient (Wildman–Crippen LogP) is 3.83. The van der Waals surface area contributed by atoms with Crippen molar-refractivity contribution in [2.24, 2.45) is 4.99 Å². The third-order valence-corrected chi connectivity index (χ3v) is 3.44. The van der Waals surface area contributed by atoms with E-state index in [0.29, 0.717) is 6.54 Å². The molecule has 0 spiro atoms. The molecular formula is C18H17N3. The molecule has 0 atom stereocenters. The van der Waals surface area contributed by atoms with Crippen LogP contribution in [0.15, 0.2) is 78.0 Å². The van der Waals surface area contributed by atoms with Crippen LogP contribution in [0.4, 0.5) is 0 Å². The molecular weight excluding hydrogens is 258 g/mol. The van der Waals surface area contributed by atoms with Gasteiger partial charge in [0.05, 0.1) is 18.3 Å². The van der Waals surface area contributed by atoms with Gasteiger partial charge < -0.3 is 0 Å². The van der Waals surface area contributed by atoms with E-state index in [2.05, 4.69) is 47.9 Å². The van der Waals surface area contributed by atoms with Gasteiger partial charge in [0.1, 0.15) is 5.84 Å².